The minimum Gasteiger partial charge on any atom is -0.302 e. The molecule has 6 heteroatoms. The highest BCUT2D eigenvalue weighted by atomic mass is 32.2. The summed E-state index contributed by atoms with van der Waals surface area (Å²) in [5.41, 5.74) is 1.09. The van der Waals surface area contributed by atoms with E-state index < -0.39 is 0 Å². The van der Waals surface area contributed by atoms with Crippen LogP contribution in [0.5, 0.6) is 0 Å². The molecule has 0 atom stereocenters. The summed E-state index contributed by atoms with van der Waals surface area (Å²) >= 11 is 1.33. The lowest BCUT2D eigenvalue weighted by Gasteiger charge is -2.12. The third-order valence-electron chi connectivity index (χ3n) is 3.81. The van der Waals surface area contributed by atoms with Gasteiger partial charge in [0.05, 0.1) is 11.3 Å². The molecular weight excluding hydrogens is 349 g/mol. The summed E-state index contributed by atoms with van der Waals surface area (Å²) in [7, 11) is 0. The van der Waals surface area contributed by atoms with Crippen LogP contribution < -0.4 is 0 Å². The molecule has 26 heavy (non-hydrogen) atoms. The van der Waals surface area contributed by atoms with Gasteiger partial charge in [-0.3, -0.25) is 4.79 Å². The number of Topliss-reactive ketones (excluding diaryl/α,β-unsaturated/α-hetero) is 1. The summed E-state index contributed by atoms with van der Waals surface area (Å²) in [6.45, 7) is 4.81. The van der Waals surface area contributed by atoms with E-state index in [-0.39, 0.29) is 17.4 Å². The number of halogens is 1. The van der Waals surface area contributed by atoms with Gasteiger partial charge >= 0.3 is 0 Å². The number of nitrogens with zero attached hydrogens (tertiary/aromatic N) is 3. The fraction of sp³-hybridized carbons (Fsp3) is 0.250. The van der Waals surface area contributed by atoms with E-state index in [2.05, 4.69) is 24.0 Å². The van der Waals surface area contributed by atoms with Crippen LogP contribution in [-0.4, -0.2) is 26.3 Å². The van der Waals surface area contributed by atoms with E-state index in [1.807, 2.05) is 22.8 Å². The second-order valence-corrected chi connectivity index (χ2v) is 7.31. The van der Waals surface area contributed by atoms with Gasteiger partial charge in [0, 0.05) is 12.1 Å². The molecule has 0 aliphatic carbocycles. The zero-order chi connectivity index (χ0) is 18.5. The summed E-state index contributed by atoms with van der Waals surface area (Å²) in [6.07, 6.45) is 0. The first-order chi connectivity index (χ1) is 12.6. The monoisotopic (exact) mass is 369 g/mol. The quantitative estimate of drug-likeness (QED) is 0.447. The van der Waals surface area contributed by atoms with Gasteiger partial charge in [-0.25, -0.2) is 4.39 Å². The number of thioether (sulfide) groups is 1. The SMILES string of the molecule is CC(C)Cn1c(SCC(=O)c2ccccc2)nnc1-c1ccccc1F. The summed E-state index contributed by atoms with van der Waals surface area (Å²) in [5.74, 6) is 0.786. The Labute approximate surface area is 156 Å². The third-order valence-corrected chi connectivity index (χ3v) is 4.77. The van der Waals surface area contributed by atoms with Gasteiger partial charge in [-0.05, 0) is 18.1 Å². The van der Waals surface area contributed by atoms with Crippen molar-refractivity contribution >= 4 is 17.5 Å². The second kappa shape index (κ2) is 8.27. The van der Waals surface area contributed by atoms with Gasteiger partial charge in [0.1, 0.15) is 5.82 Å². The molecule has 0 saturated heterocycles. The summed E-state index contributed by atoms with van der Waals surface area (Å²) in [5, 5.41) is 9.03. The maximum atomic E-state index is 14.2. The molecule has 0 N–H and O–H groups in total. The van der Waals surface area contributed by atoms with Crippen LogP contribution >= 0.6 is 11.8 Å². The highest BCUT2D eigenvalue weighted by Crippen LogP contribution is 2.27. The second-order valence-electron chi connectivity index (χ2n) is 6.37. The zero-order valence-electron chi connectivity index (χ0n) is 14.7. The molecular formula is C20H20FN3OS. The molecule has 3 aromatic rings. The van der Waals surface area contributed by atoms with E-state index in [0.717, 1.165) is 0 Å². The minimum absolute atomic E-state index is 0.0298. The van der Waals surface area contributed by atoms with E-state index in [9.17, 15) is 9.18 Å². The van der Waals surface area contributed by atoms with Crippen molar-refractivity contribution < 1.29 is 9.18 Å². The molecule has 0 bridgehead atoms. The van der Waals surface area contributed by atoms with Crippen LogP contribution in [-0.2, 0) is 6.54 Å². The average molecular weight is 369 g/mol. The fourth-order valence-electron chi connectivity index (χ4n) is 2.60. The molecule has 134 valence electrons. The van der Waals surface area contributed by atoms with Crippen molar-refractivity contribution in [1.29, 1.82) is 0 Å². The molecule has 3 rings (SSSR count). The lowest BCUT2D eigenvalue weighted by Crippen LogP contribution is -2.10. The Morgan fingerprint density at radius 3 is 2.46 bits per heavy atom. The first kappa shape index (κ1) is 18.3. The van der Waals surface area contributed by atoms with E-state index in [0.29, 0.717) is 34.6 Å². The standard InChI is InChI=1S/C20H20FN3OS/c1-14(2)12-24-19(16-10-6-7-11-17(16)21)22-23-20(24)26-13-18(25)15-8-4-3-5-9-15/h3-11,14H,12-13H2,1-2H3. The van der Waals surface area contributed by atoms with Crippen molar-refractivity contribution in [3.63, 3.8) is 0 Å². The molecule has 0 radical (unpaired) electrons. The van der Waals surface area contributed by atoms with Crippen molar-refractivity contribution in [3.05, 3.63) is 66.0 Å². The van der Waals surface area contributed by atoms with Crippen LogP contribution in [0.3, 0.4) is 0 Å². The third kappa shape index (κ3) is 4.19. The van der Waals surface area contributed by atoms with Gasteiger partial charge < -0.3 is 4.57 Å². The van der Waals surface area contributed by atoms with Gasteiger partial charge in [0.2, 0.25) is 0 Å². The maximum absolute atomic E-state index is 14.2. The predicted octanol–water partition coefficient (Wildman–Crippen LogP) is 4.72. The van der Waals surface area contributed by atoms with E-state index in [4.69, 9.17) is 0 Å². The van der Waals surface area contributed by atoms with Gasteiger partial charge in [-0.2, -0.15) is 0 Å². The number of aromatic nitrogens is 3. The Bertz CT molecular complexity index is 893. The number of hydrogen-bond donors (Lipinski definition) is 0. The number of hydrogen-bond acceptors (Lipinski definition) is 4. The van der Waals surface area contributed by atoms with Crippen molar-refractivity contribution in [2.45, 2.75) is 25.5 Å². The number of carbonyl (C=O) groups is 1. The van der Waals surface area contributed by atoms with Gasteiger partial charge in [0.25, 0.3) is 0 Å². The van der Waals surface area contributed by atoms with E-state index in [1.54, 1.807) is 30.3 Å². The predicted molar refractivity (Wildman–Crippen MR) is 102 cm³/mol. The first-order valence-electron chi connectivity index (χ1n) is 8.45. The van der Waals surface area contributed by atoms with Crippen molar-refractivity contribution in [3.8, 4) is 11.4 Å². The van der Waals surface area contributed by atoms with Gasteiger partial charge in [0.15, 0.2) is 16.8 Å². The minimum atomic E-state index is -0.332. The molecule has 0 aliphatic heterocycles. The number of rotatable bonds is 7. The Kier molecular flexibility index (Phi) is 5.83. The molecule has 0 amide bonds. The Hall–Kier alpha value is -2.47. The van der Waals surface area contributed by atoms with Crippen molar-refractivity contribution in [2.24, 2.45) is 5.92 Å². The maximum Gasteiger partial charge on any atom is 0.191 e. The van der Waals surface area contributed by atoms with Crippen molar-refractivity contribution in [1.82, 2.24) is 14.8 Å². The highest BCUT2D eigenvalue weighted by molar-refractivity contribution is 7.99. The normalized spacial score (nSPS) is 11.1. The number of ketones is 1. The van der Waals surface area contributed by atoms with Crippen LogP contribution in [0.1, 0.15) is 24.2 Å². The molecule has 0 saturated carbocycles. The molecule has 0 fully saturated rings. The largest absolute Gasteiger partial charge is 0.302 e. The fourth-order valence-corrected chi connectivity index (χ4v) is 3.45. The lowest BCUT2D eigenvalue weighted by molar-refractivity contribution is 0.102. The molecule has 2 aromatic carbocycles. The van der Waals surface area contributed by atoms with Crippen LogP contribution in [0.25, 0.3) is 11.4 Å². The molecule has 0 aliphatic rings. The van der Waals surface area contributed by atoms with Crippen LogP contribution in [0.2, 0.25) is 0 Å². The van der Waals surface area contributed by atoms with Crippen LogP contribution in [0.4, 0.5) is 4.39 Å². The summed E-state index contributed by atoms with van der Waals surface area (Å²) in [6, 6.07) is 15.7. The average Bonchev–Trinajstić information content (AvgIpc) is 3.02. The zero-order valence-corrected chi connectivity index (χ0v) is 15.5. The van der Waals surface area contributed by atoms with Crippen LogP contribution in [0.15, 0.2) is 59.8 Å². The van der Waals surface area contributed by atoms with E-state index in [1.165, 1.54) is 17.8 Å². The highest BCUT2D eigenvalue weighted by Gasteiger charge is 2.19. The smallest absolute Gasteiger partial charge is 0.191 e. The topological polar surface area (TPSA) is 47.8 Å². The molecule has 0 unspecified atom stereocenters. The molecule has 4 nitrogen and oxygen atoms in total. The Balaban J connectivity index is 1.85. The van der Waals surface area contributed by atoms with Gasteiger partial charge in [-0.15, -0.1) is 10.2 Å². The van der Waals surface area contributed by atoms with Gasteiger partial charge in [-0.1, -0.05) is 68.1 Å². The number of benzene rings is 2. The summed E-state index contributed by atoms with van der Waals surface area (Å²) in [4.78, 5) is 12.3. The molecule has 0 spiro atoms. The Morgan fingerprint density at radius 1 is 1.08 bits per heavy atom. The number of carbonyl (C=O) groups excluding carboxylic acids is 1. The van der Waals surface area contributed by atoms with Crippen molar-refractivity contribution in [2.75, 3.05) is 5.75 Å². The molecule has 1 heterocycles. The lowest BCUT2D eigenvalue weighted by atomic mass is 10.2. The molecule has 1 aromatic heterocycles. The van der Waals surface area contributed by atoms with E-state index >= 15 is 0 Å². The Morgan fingerprint density at radius 2 is 1.77 bits per heavy atom. The summed E-state index contributed by atoms with van der Waals surface area (Å²) < 4.78 is 16.1. The van der Waals surface area contributed by atoms with Crippen LogP contribution in [0, 0.1) is 11.7 Å². The first-order valence-corrected chi connectivity index (χ1v) is 9.44.